The van der Waals surface area contributed by atoms with Crippen molar-refractivity contribution in [2.75, 3.05) is 11.9 Å². The van der Waals surface area contributed by atoms with Crippen LogP contribution < -0.4 is 4.90 Å². The second-order valence-electron chi connectivity index (χ2n) is 4.71. The Kier molecular flexibility index (Phi) is 4.21. The van der Waals surface area contributed by atoms with Crippen LogP contribution >= 0.6 is 0 Å². The molecule has 0 aromatic heterocycles. The van der Waals surface area contributed by atoms with Gasteiger partial charge in [-0.3, -0.25) is 0 Å². The second-order valence-corrected chi connectivity index (χ2v) is 4.71. The van der Waals surface area contributed by atoms with Crippen LogP contribution in [0.4, 0.5) is 5.69 Å². The number of rotatable bonds is 2. The number of nitrogens with zero attached hydrogens (tertiary/aromatic N) is 1. The lowest BCUT2D eigenvalue weighted by Gasteiger charge is -2.34. The predicted octanol–water partition coefficient (Wildman–Crippen LogP) is 2.98. The molecule has 0 fully saturated rings. The van der Waals surface area contributed by atoms with Crippen LogP contribution in [0.3, 0.4) is 0 Å². The maximum absolute atomic E-state index is 10.2. The molecule has 1 aliphatic rings. The van der Waals surface area contributed by atoms with Crippen molar-refractivity contribution in [1.82, 2.24) is 0 Å². The number of anilines is 1. The molecule has 2 atom stereocenters. The summed E-state index contributed by atoms with van der Waals surface area (Å²) in [4.78, 5) is 2.21. The van der Waals surface area contributed by atoms with E-state index in [-0.39, 0.29) is 12.1 Å². The Morgan fingerprint density at radius 1 is 1.06 bits per heavy atom. The molecular weight excluding hydrogens is 210 g/mol. The van der Waals surface area contributed by atoms with Crippen LogP contribution in [0.15, 0.2) is 42.5 Å². The highest BCUT2D eigenvalue weighted by atomic mass is 16.3. The largest absolute Gasteiger partial charge is 0.391 e. The molecule has 0 heterocycles. The maximum Gasteiger partial charge on any atom is 0.0746 e. The van der Waals surface area contributed by atoms with Gasteiger partial charge in [-0.15, -0.1) is 0 Å². The zero-order valence-electron chi connectivity index (χ0n) is 10.4. The van der Waals surface area contributed by atoms with Gasteiger partial charge in [0.25, 0.3) is 0 Å². The summed E-state index contributed by atoms with van der Waals surface area (Å²) in [6, 6.07) is 10.5. The van der Waals surface area contributed by atoms with Crippen molar-refractivity contribution in [3.63, 3.8) is 0 Å². The normalized spacial score (nSPS) is 26.9. The van der Waals surface area contributed by atoms with Crippen molar-refractivity contribution < 1.29 is 5.11 Å². The summed E-state index contributed by atoms with van der Waals surface area (Å²) in [6.45, 7) is 0. The van der Waals surface area contributed by atoms with E-state index in [0.29, 0.717) is 0 Å². The smallest absolute Gasteiger partial charge is 0.0746 e. The summed E-state index contributed by atoms with van der Waals surface area (Å²) in [6.07, 6.45) is 8.10. The summed E-state index contributed by atoms with van der Waals surface area (Å²) >= 11 is 0. The van der Waals surface area contributed by atoms with Crippen molar-refractivity contribution in [2.45, 2.75) is 37.8 Å². The molecule has 1 N–H and O–H groups in total. The number of para-hydroxylation sites is 1. The van der Waals surface area contributed by atoms with Crippen LogP contribution in [0.25, 0.3) is 0 Å². The lowest BCUT2D eigenvalue weighted by atomic mass is 9.96. The molecule has 17 heavy (non-hydrogen) atoms. The van der Waals surface area contributed by atoms with Crippen LogP contribution in [0.1, 0.15) is 25.7 Å². The third-order valence-electron chi connectivity index (χ3n) is 3.53. The minimum absolute atomic E-state index is 0.224. The van der Waals surface area contributed by atoms with Gasteiger partial charge in [0.05, 0.1) is 12.1 Å². The fourth-order valence-corrected chi connectivity index (χ4v) is 2.46. The highest BCUT2D eigenvalue weighted by Crippen LogP contribution is 2.23. The van der Waals surface area contributed by atoms with Crippen molar-refractivity contribution in [3.8, 4) is 0 Å². The minimum atomic E-state index is -0.231. The first-order valence-electron chi connectivity index (χ1n) is 6.40. The van der Waals surface area contributed by atoms with E-state index < -0.39 is 0 Å². The van der Waals surface area contributed by atoms with Crippen molar-refractivity contribution >= 4 is 5.69 Å². The van der Waals surface area contributed by atoms with Gasteiger partial charge in [-0.2, -0.15) is 0 Å². The molecule has 0 spiro atoms. The van der Waals surface area contributed by atoms with E-state index in [2.05, 4.69) is 36.2 Å². The van der Waals surface area contributed by atoms with Gasteiger partial charge in [-0.25, -0.2) is 0 Å². The minimum Gasteiger partial charge on any atom is -0.391 e. The zero-order valence-corrected chi connectivity index (χ0v) is 10.4. The van der Waals surface area contributed by atoms with E-state index in [9.17, 15) is 5.11 Å². The Labute approximate surface area is 104 Å². The molecule has 92 valence electrons. The average molecular weight is 231 g/mol. The first-order valence-corrected chi connectivity index (χ1v) is 6.40. The quantitative estimate of drug-likeness (QED) is 0.791. The lowest BCUT2D eigenvalue weighted by Crippen LogP contribution is -2.41. The topological polar surface area (TPSA) is 23.5 Å². The molecular formula is C15H21NO. The van der Waals surface area contributed by atoms with E-state index in [1.165, 1.54) is 5.69 Å². The fourth-order valence-electron chi connectivity index (χ4n) is 2.46. The van der Waals surface area contributed by atoms with Crippen molar-refractivity contribution in [2.24, 2.45) is 0 Å². The van der Waals surface area contributed by atoms with Gasteiger partial charge in [-0.1, -0.05) is 30.4 Å². The summed E-state index contributed by atoms with van der Waals surface area (Å²) in [7, 11) is 2.08. The van der Waals surface area contributed by atoms with Gasteiger partial charge in [0.2, 0.25) is 0 Å². The van der Waals surface area contributed by atoms with Crippen LogP contribution in [0.2, 0.25) is 0 Å². The van der Waals surface area contributed by atoms with E-state index in [1.54, 1.807) is 0 Å². The Morgan fingerprint density at radius 3 is 2.41 bits per heavy atom. The van der Waals surface area contributed by atoms with Gasteiger partial charge in [0, 0.05) is 12.7 Å². The van der Waals surface area contributed by atoms with E-state index in [1.807, 2.05) is 18.2 Å². The summed E-state index contributed by atoms with van der Waals surface area (Å²) in [5, 5.41) is 10.2. The van der Waals surface area contributed by atoms with Gasteiger partial charge in [-0.05, 0) is 37.8 Å². The molecule has 1 aliphatic carbocycles. The third kappa shape index (κ3) is 3.10. The third-order valence-corrected chi connectivity index (χ3v) is 3.53. The molecule has 0 radical (unpaired) electrons. The predicted molar refractivity (Wildman–Crippen MR) is 72.2 cm³/mol. The van der Waals surface area contributed by atoms with E-state index in [4.69, 9.17) is 0 Å². The van der Waals surface area contributed by atoms with Crippen LogP contribution in [-0.2, 0) is 0 Å². The number of benzene rings is 1. The number of likely N-dealkylation sites (N-methyl/N-ethyl adjacent to an activating group) is 1. The molecule has 0 saturated carbocycles. The molecule has 0 bridgehead atoms. The Balaban J connectivity index is 2.11. The van der Waals surface area contributed by atoms with Crippen molar-refractivity contribution in [3.05, 3.63) is 42.5 Å². The molecule has 1 aromatic carbocycles. The summed E-state index contributed by atoms with van der Waals surface area (Å²) < 4.78 is 0. The molecule has 0 saturated heterocycles. The van der Waals surface area contributed by atoms with E-state index in [0.717, 1.165) is 25.7 Å². The van der Waals surface area contributed by atoms with Crippen LogP contribution in [-0.4, -0.2) is 24.3 Å². The molecule has 2 nitrogen and oxygen atoms in total. The number of hydrogen-bond acceptors (Lipinski definition) is 2. The average Bonchev–Trinajstić information content (AvgIpc) is 2.35. The van der Waals surface area contributed by atoms with Gasteiger partial charge < -0.3 is 10.0 Å². The molecule has 0 aliphatic heterocycles. The highest BCUT2D eigenvalue weighted by molar-refractivity contribution is 5.46. The zero-order chi connectivity index (χ0) is 12.1. The molecule has 0 amide bonds. The number of aliphatic hydroxyl groups is 1. The van der Waals surface area contributed by atoms with Gasteiger partial charge in [0.15, 0.2) is 0 Å². The van der Waals surface area contributed by atoms with Crippen molar-refractivity contribution in [1.29, 1.82) is 0 Å². The number of allylic oxidation sites excluding steroid dienone is 2. The molecule has 1 aromatic rings. The fraction of sp³-hybridized carbons (Fsp3) is 0.467. The Hall–Kier alpha value is -1.28. The molecule has 2 rings (SSSR count). The lowest BCUT2D eigenvalue weighted by molar-refractivity contribution is 0.129. The monoisotopic (exact) mass is 231 g/mol. The Bertz CT molecular complexity index is 360. The first kappa shape index (κ1) is 12.2. The number of aliphatic hydroxyl groups excluding tert-OH is 1. The maximum atomic E-state index is 10.2. The molecule has 0 unspecified atom stereocenters. The number of hydrogen-bond donors (Lipinski definition) is 1. The van der Waals surface area contributed by atoms with Gasteiger partial charge in [0.1, 0.15) is 0 Å². The standard InChI is InChI=1S/C15H21NO/c1-16(13-9-5-4-6-10-13)14-11-7-2-3-8-12-15(14)17/h2-6,9-10,14-15,17H,7-8,11-12H2,1H3/b3-2-/t14-,15-/m0/s1. The summed E-state index contributed by atoms with van der Waals surface area (Å²) in [5.41, 5.74) is 1.18. The Morgan fingerprint density at radius 2 is 1.71 bits per heavy atom. The van der Waals surface area contributed by atoms with Gasteiger partial charge >= 0.3 is 0 Å². The van der Waals surface area contributed by atoms with E-state index >= 15 is 0 Å². The van der Waals surface area contributed by atoms with Crippen LogP contribution in [0, 0.1) is 0 Å². The molecule has 2 heteroatoms. The second kappa shape index (κ2) is 5.87. The summed E-state index contributed by atoms with van der Waals surface area (Å²) in [5.74, 6) is 0. The highest BCUT2D eigenvalue weighted by Gasteiger charge is 2.23. The van der Waals surface area contributed by atoms with Crippen LogP contribution in [0.5, 0.6) is 0 Å². The SMILES string of the molecule is CN(c1ccccc1)[C@H]1CC/C=C\CC[C@@H]1O. The first-order chi connectivity index (χ1) is 8.29.